The summed E-state index contributed by atoms with van der Waals surface area (Å²) in [6, 6.07) is 7.65. The Labute approximate surface area is 102 Å². The van der Waals surface area contributed by atoms with Crippen molar-refractivity contribution in [3.05, 3.63) is 29.8 Å². The molecule has 4 nitrogen and oxygen atoms in total. The summed E-state index contributed by atoms with van der Waals surface area (Å²) in [5.41, 5.74) is 1.12. The number of hydrogen-bond acceptors (Lipinski definition) is 3. The van der Waals surface area contributed by atoms with Crippen LogP contribution in [-0.2, 0) is 4.79 Å². The Hall–Kier alpha value is -1.55. The van der Waals surface area contributed by atoms with E-state index in [4.69, 9.17) is 4.74 Å². The average molecular weight is 236 g/mol. The third-order valence-corrected chi connectivity index (χ3v) is 2.23. The van der Waals surface area contributed by atoms with Crippen molar-refractivity contribution in [2.24, 2.45) is 0 Å². The second kappa shape index (κ2) is 7.68. The van der Waals surface area contributed by atoms with Crippen LogP contribution in [0.5, 0.6) is 5.75 Å². The first kappa shape index (κ1) is 13.5. The van der Waals surface area contributed by atoms with Crippen molar-refractivity contribution in [2.45, 2.75) is 13.8 Å². The predicted molar refractivity (Wildman–Crippen MR) is 68.2 cm³/mol. The Balaban J connectivity index is 2.19. The van der Waals surface area contributed by atoms with Gasteiger partial charge in [0.15, 0.2) is 6.61 Å². The van der Waals surface area contributed by atoms with E-state index in [1.165, 1.54) is 0 Å². The van der Waals surface area contributed by atoms with Crippen LogP contribution in [-0.4, -0.2) is 32.1 Å². The normalized spacial score (nSPS) is 10.0. The number of amides is 1. The molecule has 0 aromatic heterocycles. The fourth-order valence-corrected chi connectivity index (χ4v) is 1.37. The molecule has 1 rings (SSSR count). The maximum atomic E-state index is 11.4. The van der Waals surface area contributed by atoms with Gasteiger partial charge in [-0.3, -0.25) is 4.79 Å². The summed E-state index contributed by atoms with van der Waals surface area (Å²) in [4.78, 5) is 11.4. The van der Waals surface area contributed by atoms with Crippen LogP contribution in [0.4, 0.5) is 0 Å². The fourth-order valence-electron chi connectivity index (χ4n) is 1.37. The largest absolute Gasteiger partial charge is 0.484 e. The maximum Gasteiger partial charge on any atom is 0.257 e. The highest BCUT2D eigenvalue weighted by Gasteiger charge is 2.01. The van der Waals surface area contributed by atoms with Crippen LogP contribution in [0.15, 0.2) is 24.3 Å². The van der Waals surface area contributed by atoms with Crippen molar-refractivity contribution in [1.29, 1.82) is 0 Å². The van der Waals surface area contributed by atoms with Crippen LogP contribution in [0, 0.1) is 6.92 Å². The van der Waals surface area contributed by atoms with E-state index in [1.807, 2.05) is 38.1 Å². The van der Waals surface area contributed by atoms with Gasteiger partial charge in [-0.15, -0.1) is 0 Å². The molecule has 0 saturated carbocycles. The van der Waals surface area contributed by atoms with Gasteiger partial charge in [0, 0.05) is 13.1 Å². The van der Waals surface area contributed by atoms with Gasteiger partial charge in [0.2, 0.25) is 0 Å². The molecule has 0 heterocycles. The fraction of sp³-hybridized carbons (Fsp3) is 0.462. The molecule has 1 amide bonds. The van der Waals surface area contributed by atoms with E-state index < -0.39 is 0 Å². The molecule has 0 aliphatic carbocycles. The topological polar surface area (TPSA) is 50.4 Å². The van der Waals surface area contributed by atoms with Crippen molar-refractivity contribution in [1.82, 2.24) is 10.6 Å². The molecule has 94 valence electrons. The number of likely N-dealkylation sites (N-methyl/N-ethyl adjacent to an activating group) is 1. The molecular formula is C13H20N2O2. The van der Waals surface area contributed by atoms with E-state index in [2.05, 4.69) is 10.6 Å². The van der Waals surface area contributed by atoms with Crippen LogP contribution in [0.1, 0.15) is 12.5 Å². The molecule has 1 aromatic carbocycles. The van der Waals surface area contributed by atoms with Crippen LogP contribution in [0.3, 0.4) is 0 Å². The van der Waals surface area contributed by atoms with Gasteiger partial charge in [-0.2, -0.15) is 0 Å². The van der Waals surface area contributed by atoms with Gasteiger partial charge in [-0.25, -0.2) is 0 Å². The first-order valence-corrected chi connectivity index (χ1v) is 5.89. The lowest BCUT2D eigenvalue weighted by atomic mass is 10.2. The molecule has 0 bridgehead atoms. The monoisotopic (exact) mass is 236 g/mol. The van der Waals surface area contributed by atoms with Gasteiger partial charge in [0.1, 0.15) is 5.75 Å². The number of carbonyl (C=O) groups is 1. The Morgan fingerprint density at radius 1 is 1.35 bits per heavy atom. The average Bonchev–Trinajstić information content (AvgIpc) is 2.32. The Morgan fingerprint density at radius 2 is 2.18 bits per heavy atom. The third kappa shape index (κ3) is 5.92. The molecule has 0 aliphatic rings. The number of benzene rings is 1. The van der Waals surface area contributed by atoms with Gasteiger partial charge in [0.25, 0.3) is 5.91 Å². The molecule has 1 aromatic rings. The summed E-state index contributed by atoms with van der Waals surface area (Å²) in [5, 5.41) is 5.91. The maximum absolute atomic E-state index is 11.4. The predicted octanol–water partition coefficient (Wildman–Crippen LogP) is 1.10. The zero-order valence-electron chi connectivity index (χ0n) is 10.5. The highest BCUT2D eigenvalue weighted by molar-refractivity contribution is 5.77. The van der Waals surface area contributed by atoms with Crippen LogP contribution < -0.4 is 15.4 Å². The molecule has 0 saturated heterocycles. The molecular weight excluding hydrogens is 216 g/mol. The first-order chi connectivity index (χ1) is 8.22. The molecule has 17 heavy (non-hydrogen) atoms. The van der Waals surface area contributed by atoms with Gasteiger partial charge in [-0.1, -0.05) is 19.1 Å². The second-order valence-corrected chi connectivity index (χ2v) is 3.81. The smallest absolute Gasteiger partial charge is 0.257 e. The summed E-state index contributed by atoms with van der Waals surface area (Å²) < 4.78 is 5.37. The molecule has 0 unspecified atom stereocenters. The van der Waals surface area contributed by atoms with E-state index in [0.717, 1.165) is 24.4 Å². The minimum atomic E-state index is -0.0931. The number of rotatable bonds is 7. The Morgan fingerprint density at radius 3 is 2.88 bits per heavy atom. The van der Waals surface area contributed by atoms with Crippen molar-refractivity contribution >= 4 is 5.91 Å². The summed E-state index contributed by atoms with van der Waals surface area (Å²) in [5.74, 6) is 0.635. The van der Waals surface area contributed by atoms with E-state index in [9.17, 15) is 4.79 Å². The number of hydrogen-bond donors (Lipinski definition) is 2. The molecule has 0 radical (unpaired) electrons. The lowest BCUT2D eigenvalue weighted by Crippen LogP contribution is -2.34. The van der Waals surface area contributed by atoms with Gasteiger partial charge >= 0.3 is 0 Å². The van der Waals surface area contributed by atoms with Crippen LogP contribution >= 0.6 is 0 Å². The van der Waals surface area contributed by atoms with Gasteiger partial charge < -0.3 is 15.4 Å². The first-order valence-electron chi connectivity index (χ1n) is 5.89. The third-order valence-electron chi connectivity index (χ3n) is 2.23. The highest BCUT2D eigenvalue weighted by Crippen LogP contribution is 2.11. The zero-order valence-corrected chi connectivity index (χ0v) is 10.5. The second-order valence-electron chi connectivity index (χ2n) is 3.81. The minimum absolute atomic E-state index is 0.0651. The molecule has 2 N–H and O–H groups in total. The summed E-state index contributed by atoms with van der Waals surface area (Å²) in [6.07, 6.45) is 0. The van der Waals surface area contributed by atoms with Crippen molar-refractivity contribution in [3.63, 3.8) is 0 Å². The van der Waals surface area contributed by atoms with Gasteiger partial charge in [0.05, 0.1) is 0 Å². The van der Waals surface area contributed by atoms with E-state index in [0.29, 0.717) is 6.54 Å². The van der Waals surface area contributed by atoms with E-state index in [1.54, 1.807) is 0 Å². The molecule has 0 spiro atoms. The van der Waals surface area contributed by atoms with E-state index in [-0.39, 0.29) is 12.5 Å². The Bertz CT molecular complexity index is 353. The quantitative estimate of drug-likeness (QED) is 0.697. The lowest BCUT2D eigenvalue weighted by Gasteiger charge is -2.08. The minimum Gasteiger partial charge on any atom is -0.484 e. The number of aryl methyl sites for hydroxylation is 1. The number of carbonyl (C=O) groups excluding carboxylic acids is 1. The van der Waals surface area contributed by atoms with Crippen molar-refractivity contribution in [2.75, 3.05) is 26.2 Å². The SMILES string of the molecule is CCNCCNC(=O)COc1cccc(C)c1. The standard InChI is InChI=1S/C13H20N2O2/c1-3-14-7-8-15-13(16)10-17-12-6-4-5-11(2)9-12/h4-6,9,14H,3,7-8,10H2,1-2H3,(H,15,16). The van der Waals surface area contributed by atoms with Crippen molar-refractivity contribution < 1.29 is 9.53 Å². The van der Waals surface area contributed by atoms with Crippen LogP contribution in [0.25, 0.3) is 0 Å². The van der Waals surface area contributed by atoms with Crippen LogP contribution in [0.2, 0.25) is 0 Å². The molecule has 4 heteroatoms. The summed E-state index contributed by atoms with van der Waals surface area (Å²) in [6.45, 7) is 6.41. The molecule has 0 fully saturated rings. The number of nitrogens with one attached hydrogen (secondary N) is 2. The van der Waals surface area contributed by atoms with Crippen molar-refractivity contribution in [3.8, 4) is 5.75 Å². The van der Waals surface area contributed by atoms with E-state index >= 15 is 0 Å². The Kier molecular flexibility index (Phi) is 6.10. The number of ether oxygens (including phenoxy) is 1. The summed E-state index contributed by atoms with van der Waals surface area (Å²) in [7, 11) is 0. The van der Waals surface area contributed by atoms with Gasteiger partial charge in [-0.05, 0) is 31.2 Å². The lowest BCUT2D eigenvalue weighted by molar-refractivity contribution is -0.123. The summed E-state index contributed by atoms with van der Waals surface area (Å²) >= 11 is 0. The highest BCUT2D eigenvalue weighted by atomic mass is 16.5. The molecule has 0 aliphatic heterocycles. The molecule has 0 atom stereocenters. The zero-order chi connectivity index (χ0) is 12.5.